The molecule has 0 saturated carbocycles. The normalized spacial score (nSPS) is 24.5. The van der Waals surface area contributed by atoms with Crippen LogP contribution in [0, 0.1) is 5.92 Å². The van der Waals surface area contributed by atoms with Crippen molar-refractivity contribution in [3.8, 4) is 0 Å². The lowest BCUT2D eigenvalue weighted by molar-refractivity contribution is 0.00578. The third kappa shape index (κ3) is 4.20. The van der Waals surface area contributed by atoms with Crippen molar-refractivity contribution in [2.75, 3.05) is 0 Å². The van der Waals surface area contributed by atoms with Crippen molar-refractivity contribution in [2.45, 2.75) is 65.7 Å². The maximum atomic E-state index is 6.08. The second-order valence-electron chi connectivity index (χ2n) is 6.72. The molecule has 2 N–H and O–H groups in total. The van der Waals surface area contributed by atoms with Crippen LogP contribution in [0.1, 0.15) is 48.5 Å². The summed E-state index contributed by atoms with van der Waals surface area (Å²) in [6.45, 7) is 14.5. The number of rotatable bonds is 4. The van der Waals surface area contributed by atoms with E-state index in [0.29, 0.717) is 5.92 Å². The molecule has 1 heterocycles. The zero-order valence-electron chi connectivity index (χ0n) is 13.4. The predicted octanol–water partition coefficient (Wildman–Crippen LogP) is 3.10. The second kappa shape index (κ2) is 5.82. The van der Waals surface area contributed by atoms with E-state index in [0.717, 1.165) is 5.47 Å². The van der Waals surface area contributed by atoms with Gasteiger partial charge in [-0.25, -0.2) is 0 Å². The number of hydrogen-bond donors (Lipinski definition) is 1. The smallest absolute Gasteiger partial charge is 0.399 e. The Kier molecular flexibility index (Phi) is 5.05. The van der Waals surface area contributed by atoms with E-state index in [1.54, 1.807) is 0 Å². The summed E-state index contributed by atoms with van der Waals surface area (Å²) in [7, 11) is -0.317. The summed E-state index contributed by atoms with van der Waals surface area (Å²) in [6, 6.07) is 0.0259. The SMILES string of the molecule is CC(C)C=C(C=CC(C)N)B1OC(C)(C)C(C)(C)O1. The molecule has 1 aliphatic rings. The van der Waals surface area contributed by atoms with Gasteiger partial charge in [-0.15, -0.1) is 0 Å². The highest BCUT2D eigenvalue weighted by atomic mass is 16.7. The van der Waals surface area contributed by atoms with E-state index < -0.39 is 0 Å². The molecule has 1 aliphatic heterocycles. The quantitative estimate of drug-likeness (QED) is 0.627. The molecule has 1 fully saturated rings. The highest BCUT2D eigenvalue weighted by Crippen LogP contribution is 2.38. The Morgan fingerprint density at radius 3 is 1.89 bits per heavy atom. The van der Waals surface area contributed by atoms with Gasteiger partial charge < -0.3 is 15.0 Å². The van der Waals surface area contributed by atoms with Gasteiger partial charge in [0, 0.05) is 6.04 Å². The molecule has 0 spiro atoms. The second-order valence-corrected chi connectivity index (χ2v) is 6.72. The lowest BCUT2D eigenvalue weighted by atomic mass is 9.76. The minimum Gasteiger partial charge on any atom is -0.399 e. The van der Waals surface area contributed by atoms with Gasteiger partial charge in [-0.2, -0.15) is 0 Å². The van der Waals surface area contributed by atoms with E-state index in [9.17, 15) is 0 Å². The average molecular weight is 265 g/mol. The molecule has 108 valence electrons. The van der Waals surface area contributed by atoms with Crippen molar-refractivity contribution in [3.63, 3.8) is 0 Å². The molecular weight excluding hydrogens is 237 g/mol. The molecule has 1 unspecified atom stereocenters. The van der Waals surface area contributed by atoms with Crippen LogP contribution >= 0.6 is 0 Å². The van der Waals surface area contributed by atoms with Gasteiger partial charge in [0.1, 0.15) is 0 Å². The molecular formula is C15H28BNO2. The fourth-order valence-electron chi connectivity index (χ4n) is 1.84. The number of nitrogens with two attached hydrogens (primary N) is 1. The maximum absolute atomic E-state index is 6.08. The van der Waals surface area contributed by atoms with E-state index in [4.69, 9.17) is 15.0 Å². The summed E-state index contributed by atoms with van der Waals surface area (Å²) in [4.78, 5) is 0. The first-order valence-corrected chi connectivity index (χ1v) is 7.06. The van der Waals surface area contributed by atoms with E-state index in [1.165, 1.54) is 0 Å². The highest BCUT2D eigenvalue weighted by molar-refractivity contribution is 6.55. The van der Waals surface area contributed by atoms with Crippen molar-refractivity contribution in [1.29, 1.82) is 0 Å². The molecule has 1 rings (SSSR count). The standard InChI is InChI=1S/C15H28BNO2/c1-11(2)10-13(9-8-12(3)17)16-18-14(4,5)15(6,7)19-16/h8-12H,17H2,1-7H3. The Balaban J connectivity index is 2.96. The molecule has 0 radical (unpaired) electrons. The monoisotopic (exact) mass is 265 g/mol. The van der Waals surface area contributed by atoms with E-state index in [2.05, 4.69) is 47.6 Å². The van der Waals surface area contributed by atoms with Gasteiger partial charge in [-0.05, 0) is 46.0 Å². The third-order valence-corrected chi connectivity index (χ3v) is 3.64. The van der Waals surface area contributed by atoms with E-state index in [-0.39, 0.29) is 24.4 Å². The van der Waals surface area contributed by atoms with Crippen molar-refractivity contribution < 1.29 is 9.31 Å². The molecule has 0 aromatic heterocycles. The van der Waals surface area contributed by atoms with Crippen LogP contribution in [0.2, 0.25) is 0 Å². The van der Waals surface area contributed by atoms with Crippen LogP contribution in [0.3, 0.4) is 0 Å². The van der Waals surface area contributed by atoms with Crippen molar-refractivity contribution >= 4 is 7.12 Å². The molecule has 0 bridgehead atoms. The molecule has 0 aromatic rings. The Morgan fingerprint density at radius 1 is 1.05 bits per heavy atom. The van der Waals surface area contributed by atoms with E-state index in [1.807, 2.05) is 19.1 Å². The van der Waals surface area contributed by atoms with Crippen LogP contribution in [0.5, 0.6) is 0 Å². The molecule has 4 heteroatoms. The van der Waals surface area contributed by atoms with Crippen molar-refractivity contribution in [2.24, 2.45) is 11.7 Å². The van der Waals surface area contributed by atoms with Crippen LogP contribution in [-0.4, -0.2) is 24.4 Å². The predicted molar refractivity (Wildman–Crippen MR) is 81.8 cm³/mol. The Bertz CT molecular complexity index is 354. The lowest BCUT2D eigenvalue weighted by Gasteiger charge is -2.32. The van der Waals surface area contributed by atoms with Crippen LogP contribution in [0.15, 0.2) is 23.7 Å². The van der Waals surface area contributed by atoms with Crippen LogP contribution in [-0.2, 0) is 9.31 Å². The third-order valence-electron chi connectivity index (χ3n) is 3.64. The maximum Gasteiger partial charge on any atom is 0.494 e. The first kappa shape index (κ1) is 16.5. The molecule has 0 aliphatic carbocycles. The minimum absolute atomic E-state index is 0.0259. The molecule has 0 aromatic carbocycles. The molecule has 3 nitrogen and oxygen atoms in total. The number of hydrogen-bond acceptors (Lipinski definition) is 3. The summed E-state index contributed by atoms with van der Waals surface area (Å²) in [5, 5.41) is 0. The summed E-state index contributed by atoms with van der Waals surface area (Å²) in [6.07, 6.45) is 6.16. The summed E-state index contributed by atoms with van der Waals surface area (Å²) >= 11 is 0. The number of allylic oxidation sites excluding steroid dienone is 3. The van der Waals surface area contributed by atoms with Crippen molar-refractivity contribution in [3.05, 3.63) is 23.7 Å². The van der Waals surface area contributed by atoms with Gasteiger partial charge in [0.15, 0.2) is 0 Å². The summed E-state index contributed by atoms with van der Waals surface area (Å²) in [5.41, 5.74) is 6.21. The van der Waals surface area contributed by atoms with Crippen LogP contribution in [0.4, 0.5) is 0 Å². The van der Waals surface area contributed by atoms with Gasteiger partial charge in [-0.1, -0.05) is 32.1 Å². The molecule has 19 heavy (non-hydrogen) atoms. The van der Waals surface area contributed by atoms with Crippen LogP contribution < -0.4 is 5.73 Å². The van der Waals surface area contributed by atoms with Gasteiger partial charge in [-0.3, -0.25) is 0 Å². The highest BCUT2D eigenvalue weighted by Gasteiger charge is 2.51. The molecule has 0 amide bonds. The first-order valence-electron chi connectivity index (χ1n) is 7.06. The summed E-state index contributed by atoms with van der Waals surface area (Å²) < 4.78 is 12.2. The average Bonchev–Trinajstić information content (AvgIpc) is 2.42. The molecule has 1 saturated heterocycles. The summed E-state index contributed by atoms with van der Waals surface area (Å²) in [5.74, 6) is 0.437. The van der Waals surface area contributed by atoms with Crippen molar-refractivity contribution in [1.82, 2.24) is 0 Å². The van der Waals surface area contributed by atoms with Gasteiger partial charge >= 0.3 is 7.12 Å². The largest absolute Gasteiger partial charge is 0.494 e. The van der Waals surface area contributed by atoms with Gasteiger partial charge in [0.2, 0.25) is 0 Å². The fourth-order valence-corrected chi connectivity index (χ4v) is 1.84. The Hall–Kier alpha value is -0.575. The topological polar surface area (TPSA) is 44.5 Å². The lowest BCUT2D eigenvalue weighted by Crippen LogP contribution is -2.41. The zero-order chi connectivity index (χ0) is 14.8. The van der Waals surface area contributed by atoms with Gasteiger partial charge in [0.05, 0.1) is 11.2 Å². The van der Waals surface area contributed by atoms with Gasteiger partial charge in [0.25, 0.3) is 0 Å². The van der Waals surface area contributed by atoms with E-state index >= 15 is 0 Å². The minimum atomic E-state index is -0.317. The fraction of sp³-hybridized carbons (Fsp3) is 0.733. The van der Waals surface area contributed by atoms with Crippen LogP contribution in [0.25, 0.3) is 0 Å². The Labute approximate surface area is 118 Å². The zero-order valence-corrected chi connectivity index (χ0v) is 13.4. The first-order chi connectivity index (χ1) is 8.55. The Morgan fingerprint density at radius 2 is 1.53 bits per heavy atom. The molecule has 1 atom stereocenters.